The fraction of sp³-hybridized carbons (Fsp3) is 0.214. The van der Waals surface area contributed by atoms with E-state index >= 15 is 0 Å². The van der Waals surface area contributed by atoms with Crippen molar-refractivity contribution >= 4 is 17.9 Å². The number of nitrogens with zero attached hydrogens (tertiary/aromatic N) is 1. The van der Waals surface area contributed by atoms with Gasteiger partial charge in [-0.05, 0) is 31.2 Å². The van der Waals surface area contributed by atoms with Crippen LogP contribution in [-0.4, -0.2) is 29.1 Å². The van der Waals surface area contributed by atoms with E-state index in [-0.39, 0.29) is 18.2 Å². The van der Waals surface area contributed by atoms with E-state index in [1.54, 1.807) is 31.2 Å². The molecule has 0 atom stereocenters. The van der Waals surface area contributed by atoms with Crippen LogP contribution in [0.2, 0.25) is 0 Å². The van der Waals surface area contributed by atoms with Crippen molar-refractivity contribution in [1.29, 1.82) is 0 Å². The molecule has 1 aromatic heterocycles. The number of carbonyl (C=O) groups excluding carboxylic acids is 1. The molecule has 0 fully saturated rings. The van der Waals surface area contributed by atoms with E-state index in [0.717, 1.165) is 0 Å². The predicted octanol–water partition coefficient (Wildman–Crippen LogP) is 1.87. The Morgan fingerprint density at radius 3 is 2.57 bits per heavy atom. The number of benzene rings is 1. The highest BCUT2D eigenvalue weighted by molar-refractivity contribution is 6.03. The number of nitrogens with one attached hydrogen (secondary N) is 1. The van der Waals surface area contributed by atoms with Gasteiger partial charge in [0.1, 0.15) is 17.9 Å². The first-order valence-electron chi connectivity index (χ1n) is 6.13. The highest BCUT2D eigenvalue weighted by Gasteiger charge is 2.15. The summed E-state index contributed by atoms with van der Waals surface area (Å²) in [5.74, 6) is -0.571. The second-order valence-corrected chi connectivity index (χ2v) is 4.28. The summed E-state index contributed by atoms with van der Waals surface area (Å²) in [5, 5.41) is 11.2. The van der Waals surface area contributed by atoms with Gasteiger partial charge in [-0.3, -0.25) is 14.9 Å². The summed E-state index contributed by atoms with van der Waals surface area (Å²) in [5.41, 5.74) is 0.842. The van der Waals surface area contributed by atoms with Crippen molar-refractivity contribution in [3.63, 3.8) is 0 Å². The van der Waals surface area contributed by atoms with Crippen LogP contribution in [0.3, 0.4) is 0 Å². The first-order valence-corrected chi connectivity index (χ1v) is 6.13. The standard InChI is InChI=1S/C14H14N2O5/c1-8-11(7-12(17)18)21-14(15-8)16-13(19)9-3-5-10(20-2)6-4-9/h3-6H,7H2,1-2H3,(H,17,18)(H,15,16,19). The van der Waals surface area contributed by atoms with Gasteiger partial charge in [-0.2, -0.15) is 4.98 Å². The van der Waals surface area contributed by atoms with E-state index in [2.05, 4.69) is 10.3 Å². The fourth-order valence-corrected chi connectivity index (χ4v) is 1.69. The van der Waals surface area contributed by atoms with Crippen LogP contribution in [0.15, 0.2) is 28.7 Å². The minimum absolute atomic E-state index is 0.0235. The van der Waals surface area contributed by atoms with Gasteiger partial charge in [-0.15, -0.1) is 0 Å². The number of carboxylic acid groups (broad SMARTS) is 1. The number of aliphatic carboxylic acids is 1. The molecule has 1 heterocycles. The highest BCUT2D eigenvalue weighted by Crippen LogP contribution is 2.17. The van der Waals surface area contributed by atoms with Crippen LogP contribution >= 0.6 is 0 Å². The average Bonchev–Trinajstić information content (AvgIpc) is 2.78. The zero-order valence-electron chi connectivity index (χ0n) is 11.5. The minimum atomic E-state index is -1.03. The maximum absolute atomic E-state index is 12.0. The number of aromatic nitrogens is 1. The topological polar surface area (TPSA) is 102 Å². The lowest BCUT2D eigenvalue weighted by Gasteiger charge is -2.02. The largest absolute Gasteiger partial charge is 0.497 e. The van der Waals surface area contributed by atoms with Crippen molar-refractivity contribution in [3.8, 4) is 5.75 Å². The maximum atomic E-state index is 12.0. The van der Waals surface area contributed by atoms with Gasteiger partial charge in [0.2, 0.25) is 0 Å². The molecular weight excluding hydrogens is 276 g/mol. The smallest absolute Gasteiger partial charge is 0.311 e. The Labute approximate surface area is 120 Å². The normalized spacial score (nSPS) is 10.2. The number of carbonyl (C=O) groups is 2. The molecule has 0 saturated heterocycles. The van der Waals surface area contributed by atoms with Crippen molar-refractivity contribution < 1.29 is 23.8 Å². The second-order valence-electron chi connectivity index (χ2n) is 4.28. The van der Waals surface area contributed by atoms with Gasteiger partial charge in [0.25, 0.3) is 5.91 Å². The molecule has 0 aliphatic rings. The molecule has 1 aromatic carbocycles. The Bertz CT molecular complexity index is 661. The second kappa shape index (κ2) is 6.08. The molecule has 7 heteroatoms. The lowest BCUT2D eigenvalue weighted by Crippen LogP contribution is -2.11. The van der Waals surface area contributed by atoms with E-state index in [4.69, 9.17) is 14.3 Å². The van der Waals surface area contributed by atoms with Gasteiger partial charge >= 0.3 is 12.0 Å². The van der Waals surface area contributed by atoms with Crippen molar-refractivity contribution in [2.24, 2.45) is 0 Å². The number of hydrogen-bond donors (Lipinski definition) is 2. The number of aryl methyl sites for hydroxylation is 1. The molecule has 0 unspecified atom stereocenters. The Morgan fingerprint density at radius 1 is 1.33 bits per heavy atom. The van der Waals surface area contributed by atoms with E-state index in [1.807, 2.05) is 0 Å². The molecule has 0 radical (unpaired) electrons. The Balaban J connectivity index is 2.10. The predicted molar refractivity (Wildman–Crippen MR) is 73.5 cm³/mol. The Hall–Kier alpha value is -2.83. The van der Waals surface area contributed by atoms with Gasteiger partial charge in [0.05, 0.1) is 12.8 Å². The number of ether oxygens (including phenoxy) is 1. The van der Waals surface area contributed by atoms with Crippen LogP contribution in [0, 0.1) is 6.92 Å². The molecule has 2 aromatic rings. The molecule has 7 nitrogen and oxygen atoms in total. The summed E-state index contributed by atoms with van der Waals surface area (Å²) in [4.78, 5) is 26.6. The van der Waals surface area contributed by atoms with E-state index in [0.29, 0.717) is 17.0 Å². The Kier molecular flexibility index (Phi) is 4.22. The summed E-state index contributed by atoms with van der Waals surface area (Å²) >= 11 is 0. The number of hydrogen-bond acceptors (Lipinski definition) is 5. The lowest BCUT2D eigenvalue weighted by molar-refractivity contribution is -0.136. The molecule has 2 rings (SSSR count). The molecule has 1 amide bonds. The third kappa shape index (κ3) is 3.59. The van der Waals surface area contributed by atoms with E-state index < -0.39 is 11.9 Å². The van der Waals surface area contributed by atoms with Crippen LogP contribution in [0.25, 0.3) is 0 Å². The van der Waals surface area contributed by atoms with Crippen LogP contribution in [-0.2, 0) is 11.2 Å². The summed E-state index contributed by atoms with van der Waals surface area (Å²) in [6.45, 7) is 1.62. The summed E-state index contributed by atoms with van der Waals surface area (Å²) < 4.78 is 10.2. The first kappa shape index (κ1) is 14.6. The Morgan fingerprint density at radius 2 is 2.00 bits per heavy atom. The van der Waals surface area contributed by atoms with E-state index in [9.17, 15) is 9.59 Å². The SMILES string of the molecule is COc1ccc(C(=O)Nc2nc(C)c(CC(=O)O)o2)cc1. The number of carboxylic acids is 1. The summed E-state index contributed by atoms with van der Waals surface area (Å²) in [6.07, 6.45) is -0.281. The molecule has 110 valence electrons. The average molecular weight is 290 g/mol. The van der Waals surface area contributed by atoms with Gasteiger partial charge in [0.15, 0.2) is 0 Å². The number of rotatable bonds is 5. The number of oxazole rings is 1. The van der Waals surface area contributed by atoms with Crippen LogP contribution in [0.4, 0.5) is 6.01 Å². The van der Waals surface area contributed by atoms with Gasteiger partial charge in [0, 0.05) is 5.56 Å². The van der Waals surface area contributed by atoms with Crippen LogP contribution in [0.5, 0.6) is 5.75 Å². The van der Waals surface area contributed by atoms with Gasteiger partial charge < -0.3 is 14.3 Å². The minimum Gasteiger partial charge on any atom is -0.497 e. The molecule has 0 aliphatic carbocycles. The van der Waals surface area contributed by atoms with Crippen molar-refractivity contribution in [3.05, 3.63) is 41.3 Å². The molecule has 2 N–H and O–H groups in total. The van der Waals surface area contributed by atoms with Crippen LogP contribution < -0.4 is 10.1 Å². The quantitative estimate of drug-likeness (QED) is 0.871. The number of amides is 1. The molecular formula is C14H14N2O5. The number of anilines is 1. The lowest BCUT2D eigenvalue weighted by atomic mass is 10.2. The van der Waals surface area contributed by atoms with Gasteiger partial charge in [-0.25, -0.2) is 0 Å². The molecule has 0 spiro atoms. The zero-order chi connectivity index (χ0) is 15.4. The maximum Gasteiger partial charge on any atom is 0.311 e. The monoisotopic (exact) mass is 290 g/mol. The first-order chi connectivity index (χ1) is 9.99. The zero-order valence-corrected chi connectivity index (χ0v) is 11.5. The number of methoxy groups -OCH3 is 1. The van der Waals surface area contributed by atoms with Crippen LogP contribution in [0.1, 0.15) is 21.8 Å². The highest BCUT2D eigenvalue weighted by atomic mass is 16.5. The molecule has 0 bridgehead atoms. The summed E-state index contributed by atoms with van der Waals surface area (Å²) in [7, 11) is 1.54. The molecule has 0 aliphatic heterocycles. The summed E-state index contributed by atoms with van der Waals surface area (Å²) in [6, 6.07) is 6.49. The molecule has 21 heavy (non-hydrogen) atoms. The van der Waals surface area contributed by atoms with Crippen molar-refractivity contribution in [2.45, 2.75) is 13.3 Å². The van der Waals surface area contributed by atoms with Gasteiger partial charge in [-0.1, -0.05) is 0 Å². The molecule has 0 saturated carbocycles. The third-order valence-corrected chi connectivity index (χ3v) is 2.78. The van der Waals surface area contributed by atoms with Crippen molar-refractivity contribution in [2.75, 3.05) is 12.4 Å². The third-order valence-electron chi connectivity index (χ3n) is 2.78. The fourth-order valence-electron chi connectivity index (χ4n) is 1.69. The van der Waals surface area contributed by atoms with E-state index in [1.165, 1.54) is 7.11 Å². The van der Waals surface area contributed by atoms with Crippen molar-refractivity contribution in [1.82, 2.24) is 4.98 Å².